The van der Waals surface area contributed by atoms with E-state index < -0.39 is 10.1 Å². The molecule has 1 rings (SSSR count). The fourth-order valence-corrected chi connectivity index (χ4v) is 2.83. The minimum atomic E-state index is -3.58. The van der Waals surface area contributed by atoms with Crippen molar-refractivity contribution in [3.8, 4) is 0 Å². The lowest BCUT2D eigenvalue weighted by Crippen LogP contribution is -2.07. The number of alkyl halides is 1. The fourth-order valence-electron chi connectivity index (χ4n) is 1.49. The normalized spacial score (nSPS) is 11.7. The van der Waals surface area contributed by atoms with Crippen molar-refractivity contribution in [2.75, 3.05) is 11.9 Å². The quantitative estimate of drug-likeness (QED) is 0.414. The molecule has 0 aliphatic heterocycles. The molecule has 0 spiro atoms. The molecular weight excluding hydrogens is 316 g/mol. The van der Waals surface area contributed by atoms with E-state index in [1.54, 1.807) is 24.3 Å². The monoisotopic (exact) mass is 334 g/mol. The van der Waals surface area contributed by atoms with E-state index in [0.29, 0.717) is 0 Å². The lowest BCUT2D eigenvalue weighted by atomic mass is 10.2. The molecule has 0 N–H and O–H groups in total. The van der Waals surface area contributed by atoms with E-state index in [0.717, 1.165) is 36.6 Å². The summed E-state index contributed by atoms with van der Waals surface area (Å²) in [6, 6.07) is 6.70. The third-order valence-corrected chi connectivity index (χ3v) is 4.46. The molecule has 5 heteroatoms. The Balaban J connectivity index is 2.38. The predicted octanol–water partition coefficient (Wildman–Crippen LogP) is 3.66. The summed E-state index contributed by atoms with van der Waals surface area (Å²) in [5, 5.41) is 0.996. The molecule has 0 aromatic heterocycles. The molecule has 0 fully saturated rings. The van der Waals surface area contributed by atoms with Crippen molar-refractivity contribution in [2.45, 2.75) is 37.5 Å². The number of halogens is 1. The Kier molecular flexibility index (Phi) is 6.89. The largest absolute Gasteiger partial charge is 0.296 e. The van der Waals surface area contributed by atoms with Gasteiger partial charge in [-0.25, -0.2) is 0 Å². The highest BCUT2D eigenvalue weighted by Crippen LogP contribution is 2.14. The average Bonchev–Trinajstić information content (AvgIpc) is 2.34. The third kappa shape index (κ3) is 5.50. The summed E-state index contributed by atoms with van der Waals surface area (Å²) in [6.45, 7) is 2.18. The maximum Gasteiger partial charge on any atom is 0.296 e. The van der Waals surface area contributed by atoms with E-state index in [2.05, 4.69) is 15.9 Å². The Hall–Kier alpha value is -0.390. The summed E-state index contributed by atoms with van der Waals surface area (Å²) in [4.78, 5) is 0.230. The predicted molar refractivity (Wildman–Crippen MR) is 76.6 cm³/mol. The van der Waals surface area contributed by atoms with E-state index in [1.165, 1.54) is 0 Å². The zero-order valence-electron chi connectivity index (χ0n) is 10.6. The Morgan fingerprint density at radius 1 is 1.06 bits per heavy atom. The van der Waals surface area contributed by atoms with Crippen molar-refractivity contribution in [1.82, 2.24) is 0 Å². The van der Waals surface area contributed by atoms with Gasteiger partial charge in [0.1, 0.15) is 0 Å². The first kappa shape index (κ1) is 15.7. The van der Waals surface area contributed by atoms with Gasteiger partial charge in [-0.1, -0.05) is 46.5 Å². The Labute approximate surface area is 118 Å². The van der Waals surface area contributed by atoms with Gasteiger partial charge in [0.2, 0.25) is 0 Å². The van der Waals surface area contributed by atoms with Crippen LogP contribution in [0.5, 0.6) is 0 Å². The van der Waals surface area contributed by atoms with Crippen LogP contribution in [0.25, 0.3) is 0 Å². The Morgan fingerprint density at radius 3 is 2.28 bits per heavy atom. The van der Waals surface area contributed by atoms with Gasteiger partial charge in [0, 0.05) is 5.33 Å². The van der Waals surface area contributed by atoms with E-state index in [4.69, 9.17) is 4.18 Å². The highest BCUT2D eigenvalue weighted by atomic mass is 79.9. The molecule has 0 saturated carbocycles. The first-order valence-electron chi connectivity index (χ1n) is 6.08. The van der Waals surface area contributed by atoms with E-state index >= 15 is 0 Å². The van der Waals surface area contributed by atoms with E-state index in [9.17, 15) is 8.42 Å². The number of benzene rings is 1. The molecule has 1 aromatic carbocycles. The van der Waals surface area contributed by atoms with Crippen LogP contribution in [-0.4, -0.2) is 20.4 Å². The second-order valence-corrected chi connectivity index (χ2v) is 6.60. The number of rotatable bonds is 8. The summed E-state index contributed by atoms with van der Waals surface area (Å²) in [5.74, 6) is 0. The summed E-state index contributed by atoms with van der Waals surface area (Å²) in [5.41, 5.74) is 1.03. The van der Waals surface area contributed by atoms with Crippen LogP contribution in [0.2, 0.25) is 0 Å². The lowest BCUT2D eigenvalue weighted by molar-refractivity contribution is 0.307. The first-order chi connectivity index (χ1) is 8.56. The number of aryl methyl sites for hydroxylation is 1. The summed E-state index contributed by atoms with van der Waals surface area (Å²) < 4.78 is 28.6. The SMILES string of the molecule is Cc1ccc(S(=O)(=O)OCCCCCCBr)cc1. The van der Waals surface area contributed by atoms with E-state index in [-0.39, 0.29) is 11.5 Å². The Bertz CT molecular complexity index is 440. The molecule has 18 heavy (non-hydrogen) atoms. The third-order valence-electron chi connectivity index (χ3n) is 2.58. The van der Waals surface area contributed by atoms with Gasteiger partial charge in [0.25, 0.3) is 10.1 Å². The zero-order valence-corrected chi connectivity index (χ0v) is 13.0. The molecule has 0 amide bonds. The van der Waals surface area contributed by atoms with Crippen LogP contribution >= 0.6 is 15.9 Å². The molecule has 1 aromatic rings. The lowest BCUT2D eigenvalue weighted by Gasteiger charge is -2.05. The minimum absolute atomic E-state index is 0.230. The number of hydrogen-bond donors (Lipinski definition) is 0. The zero-order chi connectivity index (χ0) is 13.4. The van der Waals surface area contributed by atoms with Gasteiger partial charge in [-0.2, -0.15) is 8.42 Å². The second-order valence-electron chi connectivity index (χ2n) is 4.19. The average molecular weight is 335 g/mol. The van der Waals surface area contributed by atoms with Crippen molar-refractivity contribution >= 4 is 26.0 Å². The van der Waals surface area contributed by atoms with Crippen LogP contribution < -0.4 is 0 Å². The topological polar surface area (TPSA) is 43.4 Å². The maximum atomic E-state index is 11.8. The van der Waals surface area contributed by atoms with Crippen LogP contribution in [-0.2, 0) is 14.3 Å². The summed E-state index contributed by atoms with van der Waals surface area (Å²) in [6.07, 6.45) is 3.98. The van der Waals surface area contributed by atoms with Crippen molar-refractivity contribution in [3.63, 3.8) is 0 Å². The molecular formula is C13H19BrO3S. The van der Waals surface area contributed by atoms with Gasteiger partial charge in [-0.3, -0.25) is 4.18 Å². The standard InChI is InChI=1S/C13H19BrO3S/c1-12-6-8-13(9-7-12)18(15,16)17-11-5-3-2-4-10-14/h6-9H,2-5,10-11H2,1H3. The van der Waals surface area contributed by atoms with Crippen LogP contribution in [0.4, 0.5) is 0 Å². The number of unbranched alkanes of at least 4 members (excludes halogenated alkanes) is 3. The van der Waals surface area contributed by atoms with Crippen LogP contribution in [0.1, 0.15) is 31.2 Å². The van der Waals surface area contributed by atoms with Crippen molar-refractivity contribution < 1.29 is 12.6 Å². The van der Waals surface area contributed by atoms with Gasteiger partial charge in [0.05, 0.1) is 11.5 Å². The molecule has 0 atom stereocenters. The maximum absolute atomic E-state index is 11.8. The summed E-state index contributed by atoms with van der Waals surface area (Å²) >= 11 is 3.36. The molecule has 0 unspecified atom stereocenters. The first-order valence-corrected chi connectivity index (χ1v) is 8.61. The molecule has 3 nitrogen and oxygen atoms in total. The molecule has 0 radical (unpaired) electrons. The highest BCUT2D eigenvalue weighted by molar-refractivity contribution is 9.09. The van der Waals surface area contributed by atoms with Crippen molar-refractivity contribution in [2.24, 2.45) is 0 Å². The molecule has 0 aliphatic carbocycles. The smallest absolute Gasteiger partial charge is 0.266 e. The second kappa shape index (κ2) is 7.92. The molecule has 102 valence electrons. The van der Waals surface area contributed by atoms with Crippen LogP contribution in [0, 0.1) is 6.92 Å². The molecule has 0 aliphatic rings. The van der Waals surface area contributed by atoms with Gasteiger partial charge >= 0.3 is 0 Å². The van der Waals surface area contributed by atoms with Crippen LogP contribution in [0.15, 0.2) is 29.2 Å². The van der Waals surface area contributed by atoms with Crippen molar-refractivity contribution in [3.05, 3.63) is 29.8 Å². The van der Waals surface area contributed by atoms with Gasteiger partial charge in [-0.15, -0.1) is 0 Å². The Morgan fingerprint density at radius 2 is 1.67 bits per heavy atom. The van der Waals surface area contributed by atoms with Crippen LogP contribution in [0.3, 0.4) is 0 Å². The molecule has 0 bridgehead atoms. The molecule has 0 saturated heterocycles. The molecule has 0 heterocycles. The highest BCUT2D eigenvalue weighted by Gasteiger charge is 2.13. The van der Waals surface area contributed by atoms with E-state index in [1.807, 2.05) is 6.92 Å². The van der Waals surface area contributed by atoms with Gasteiger partial charge < -0.3 is 0 Å². The fraction of sp³-hybridized carbons (Fsp3) is 0.538. The van der Waals surface area contributed by atoms with Crippen molar-refractivity contribution in [1.29, 1.82) is 0 Å². The summed E-state index contributed by atoms with van der Waals surface area (Å²) in [7, 11) is -3.58. The number of hydrogen-bond acceptors (Lipinski definition) is 3. The minimum Gasteiger partial charge on any atom is -0.266 e. The van der Waals surface area contributed by atoms with Gasteiger partial charge in [-0.05, 0) is 31.9 Å². The van der Waals surface area contributed by atoms with Gasteiger partial charge in [0.15, 0.2) is 0 Å².